The van der Waals surface area contributed by atoms with Gasteiger partial charge in [0.2, 0.25) is 5.78 Å². The van der Waals surface area contributed by atoms with Gasteiger partial charge in [-0.1, -0.05) is 11.6 Å². The Morgan fingerprint density at radius 3 is 2.48 bits per heavy atom. The van der Waals surface area contributed by atoms with Crippen LogP contribution in [-0.4, -0.2) is 36.2 Å². The first-order chi connectivity index (χ1) is 11.0. The van der Waals surface area contributed by atoms with Crippen molar-refractivity contribution in [2.75, 3.05) is 19.6 Å². The Balaban J connectivity index is 2.51. The molecule has 2 rings (SSSR count). The van der Waals surface area contributed by atoms with Crippen LogP contribution in [0.1, 0.15) is 23.2 Å². The van der Waals surface area contributed by atoms with Crippen LogP contribution in [0.15, 0.2) is 33.4 Å². The Morgan fingerprint density at radius 1 is 1.35 bits per heavy atom. The van der Waals surface area contributed by atoms with E-state index >= 15 is 0 Å². The van der Waals surface area contributed by atoms with E-state index in [2.05, 4.69) is 5.32 Å². The number of allylic oxidation sites excluding steroid dienone is 1. The van der Waals surface area contributed by atoms with Gasteiger partial charge in [0.05, 0.1) is 10.7 Å². The van der Waals surface area contributed by atoms with E-state index in [1.54, 1.807) is 17.8 Å². The number of hydrogen-bond donors (Lipinski definition) is 3. The number of benzene rings is 1. The van der Waals surface area contributed by atoms with Gasteiger partial charge >= 0.3 is 0 Å². The Labute approximate surface area is 149 Å². The molecule has 3 N–H and O–H groups in total. The van der Waals surface area contributed by atoms with Gasteiger partial charge in [-0.3, -0.25) is 4.79 Å². The standard InChI is InChI=1S/C16H19ClN2O2S2/c1-19-16(21)11(13(18)8-4-5-8)14(20)9-6-7-10(22-2)15(23-3)12(9)17/h6-8,18-19,21H,4-5H2,1-3H3/b16-11-,18-13?. The van der Waals surface area contributed by atoms with Gasteiger partial charge in [0.25, 0.3) is 0 Å². The fraction of sp³-hybridized carbons (Fsp3) is 0.375. The molecule has 0 aromatic heterocycles. The lowest BCUT2D eigenvalue weighted by atomic mass is 9.97. The molecule has 1 aromatic rings. The number of nitrogens with one attached hydrogen (secondary N) is 2. The highest BCUT2D eigenvalue weighted by atomic mass is 35.5. The summed E-state index contributed by atoms with van der Waals surface area (Å²) in [4.78, 5) is 14.7. The number of aliphatic hydroxyl groups excluding tert-OH is 1. The third-order valence-corrected chi connectivity index (χ3v) is 5.93. The van der Waals surface area contributed by atoms with E-state index in [-0.39, 0.29) is 23.1 Å². The summed E-state index contributed by atoms with van der Waals surface area (Å²) >= 11 is 9.47. The quantitative estimate of drug-likeness (QED) is 0.218. The lowest BCUT2D eigenvalue weighted by Crippen LogP contribution is -2.22. The van der Waals surface area contributed by atoms with Crippen LogP contribution in [0.25, 0.3) is 0 Å². The Morgan fingerprint density at radius 2 is 2.00 bits per heavy atom. The highest BCUT2D eigenvalue weighted by Gasteiger charge is 2.34. The van der Waals surface area contributed by atoms with Gasteiger partial charge in [0, 0.05) is 28.3 Å². The van der Waals surface area contributed by atoms with Crippen molar-refractivity contribution in [3.63, 3.8) is 0 Å². The molecule has 0 saturated heterocycles. The molecule has 0 radical (unpaired) electrons. The van der Waals surface area contributed by atoms with Crippen LogP contribution in [0, 0.1) is 11.3 Å². The zero-order chi connectivity index (χ0) is 17.1. The molecule has 0 unspecified atom stereocenters. The number of rotatable bonds is 7. The summed E-state index contributed by atoms with van der Waals surface area (Å²) in [6.07, 6.45) is 5.61. The summed E-state index contributed by atoms with van der Waals surface area (Å²) < 4.78 is 0. The molecule has 0 aliphatic heterocycles. The zero-order valence-corrected chi connectivity index (χ0v) is 15.6. The molecule has 1 aliphatic rings. The second-order valence-electron chi connectivity index (χ2n) is 5.15. The van der Waals surface area contributed by atoms with Gasteiger partial charge in [-0.05, 0) is 37.5 Å². The van der Waals surface area contributed by atoms with E-state index in [0.717, 1.165) is 22.6 Å². The van der Waals surface area contributed by atoms with Gasteiger partial charge < -0.3 is 15.8 Å². The van der Waals surface area contributed by atoms with Crippen LogP contribution in [0.3, 0.4) is 0 Å². The van der Waals surface area contributed by atoms with E-state index in [1.165, 1.54) is 18.8 Å². The molecule has 23 heavy (non-hydrogen) atoms. The number of aliphatic hydroxyl groups is 1. The van der Waals surface area contributed by atoms with Gasteiger partial charge in [-0.25, -0.2) is 0 Å². The third kappa shape index (κ3) is 3.70. The summed E-state index contributed by atoms with van der Waals surface area (Å²) in [6.45, 7) is 0. The summed E-state index contributed by atoms with van der Waals surface area (Å²) in [5.74, 6) is -0.641. The van der Waals surface area contributed by atoms with Crippen molar-refractivity contribution in [2.24, 2.45) is 5.92 Å². The molecule has 0 bridgehead atoms. The zero-order valence-electron chi connectivity index (χ0n) is 13.2. The van der Waals surface area contributed by atoms with Crippen molar-refractivity contribution in [1.29, 1.82) is 5.41 Å². The minimum absolute atomic E-state index is 0.0147. The molecule has 0 atom stereocenters. The molecule has 1 saturated carbocycles. The lowest BCUT2D eigenvalue weighted by Gasteiger charge is -2.14. The highest BCUT2D eigenvalue weighted by Crippen LogP contribution is 2.39. The first kappa shape index (κ1) is 18.2. The number of hydrogen-bond acceptors (Lipinski definition) is 6. The van der Waals surface area contributed by atoms with E-state index < -0.39 is 5.78 Å². The van der Waals surface area contributed by atoms with E-state index in [1.807, 2.05) is 18.6 Å². The predicted molar refractivity (Wildman–Crippen MR) is 98.5 cm³/mol. The normalized spacial score (nSPS) is 15.1. The molecule has 0 amide bonds. The maximum absolute atomic E-state index is 12.9. The first-order valence-electron chi connectivity index (χ1n) is 7.11. The van der Waals surface area contributed by atoms with Crippen LogP contribution in [0.4, 0.5) is 0 Å². The molecule has 0 heterocycles. The molecule has 4 nitrogen and oxygen atoms in total. The molecule has 0 spiro atoms. The molecule has 124 valence electrons. The van der Waals surface area contributed by atoms with Gasteiger partial charge in [0.15, 0.2) is 5.88 Å². The summed E-state index contributed by atoms with van der Waals surface area (Å²) in [7, 11) is 1.52. The maximum atomic E-state index is 12.9. The second kappa shape index (κ2) is 7.64. The fourth-order valence-electron chi connectivity index (χ4n) is 2.26. The Kier molecular flexibility index (Phi) is 6.06. The van der Waals surface area contributed by atoms with Crippen LogP contribution in [0.2, 0.25) is 5.02 Å². The van der Waals surface area contributed by atoms with Crippen LogP contribution >= 0.6 is 35.1 Å². The maximum Gasteiger partial charge on any atom is 0.201 e. The van der Waals surface area contributed by atoms with Crippen molar-refractivity contribution >= 4 is 46.6 Å². The van der Waals surface area contributed by atoms with Crippen molar-refractivity contribution in [1.82, 2.24) is 5.32 Å². The molecule has 1 fully saturated rings. The van der Waals surface area contributed by atoms with Crippen molar-refractivity contribution in [2.45, 2.75) is 22.6 Å². The van der Waals surface area contributed by atoms with Crippen molar-refractivity contribution in [3.8, 4) is 0 Å². The van der Waals surface area contributed by atoms with E-state index in [9.17, 15) is 9.90 Å². The average molecular weight is 371 g/mol. The molecule has 7 heteroatoms. The second-order valence-corrected chi connectivity index (χ2v) is 7.20. The van der Waals surface area contributed by atoms with Crippen LogP contribution < -0.4 is 5.32 Å². The monoisotopic (exact) mass is 370 g/mol. The number of halogens is 1. The summed E-state index contributed by atoms with van der Waals surface area (Å²) in [5, 5.41) is 21.2. The smallest absolute Gasteiger partial charge is 0.201 e. The number of thioether (sulfide) groups is 2. The summed E-state index contributed by atoms with van der Waals surface area (Å²) in [5.41, 5.74) is 0.509. The van der Waals surface area contributed by atoms with Gasteiger partial charge in [0.1, 0.15) is 5.57 Å². The fourth-order valence-corrected chi connectivity index (χ4v) is 4.35. The first-order valence-corrected chi connectivity index (χ1v) is 9.93. The van der Waals surface area contributed by atoms with E-state index in [0.29, 0.717) is 10.6 Å². The molecule has 1 aliphatic carbocycles. The van der Waals surface area contributed by atoms with Crippen LogP contribution in [0.5, 0.6) is 0 Å². The Bertz CT molecular complexity index is 685. The van der Waals surface area contributed by atoms with Gasteiger partial charge in [-0.15, -0.1) is 23.5 Å². The molecule has 1 aromatic carbocycles. The highest BCUT2D eigenvalue weighted by molar-refractivity contribution is 8.01. The number of Topliss-reactive ketones (excluding diaryl/α,β-unsaturated/α-hetero) is 1. The molecular formula is C16H19ClN2O2S2. The topological polar surface area (TPSA) is 73.2 Å². The van der Waals surface area contributed by atoms with Gasteiger partial charge in [-0.2, -0.15) is 0 Å². The van der Waals surface area contributed by atoms with Crippen molar-refractivity contribution in [3.05, 3.63) is 34.2 Å². The minimum Gasteiger partial charge on any atom is -0.494 e. The Hall–Kier alpha value is -1.11. The number of carbonyl (C=O) groups is 1. The van der Waals surface area contributed by atoms with E-state index in [4.69, 9.17) is 17.0 Å². The number of ketones is 1. The minimum atomic E-state index is -0.415. The number of carbonyl (C=O) groups excluding carboxylic acids is 1. The average Bonchev–Trinajstić information content (AvgIpc) is 3.38. The SMILES string of the molecule is CN/C(O)=C(\C(=N)C1CC1)C(=O)c1ccc(SC)c(SC)c1Cl. The molecular weight excluding hydrogens is 352 g/mol. The third-order valence-electron chi connectivity index (χ3n) is 3.69. The predicted octanol–water partition coefficient (Wildman–Crippen LogP) is 4.39. The van der Waals surface area contributed by atoms with Crippen molar-refractivity contribution < 1.29 is 9.90 Å². The largest absolute Gasteiger partial charge is 0.494 e. The summed E-state index contributed by atoms with van der Waals surface area (Å²) in [6, 6.07) is 3.52. The van der Waals surface area contributed by atoms with Crippen LogP contribution in [-0.2, 0) is 0 Å². The lowest BCUT2D eigenvalue weighted by molar-refractivity contribution is 0.103.